The molecule has 22 heavy (non-hydrogen) atoms. The second-order valence-electron chi connectivity index (χ2n) is 4.71. The largest absolute Gasteiger partial charge is 0.497 e. The first-order valence-electron chi connectivity index (χ1n) is 6.63. The minimum Gasteiger partial charge on any atom is -0.497 e. The second kappa shape index (κ2) is 6.46. The van der Waals surface area contributed by atoms with Gasteiger partial charge >= 0.3 is 0 Å². The van der Waals surface area contributed by atoms with Gasteiger partial charge in [0.25, 0.3) is 0 Å². The number of carbonyl (C=O) groups is 1. The summed E-state index contributed by atoms with van der Waals surface area (Å²) in [4.78, 5) is 16.5. The number of ether oxygens (including phenoxy) is 1. The molecule has 0 spiro atoms. The summed E-state index contributed by atoms with van der Waals surface area (Å²) >= 11 is 4.89. The van der Waals surface area contributed by atoms with Crippen molar-refractivity contribution in [1.29, 1.82) is 0 Å². The lowest BCUT2D eigenvalue weighted by atomic mass is 10.1. The van der Waals surface area contributed by atoms with Gasteiger partial charge in [0, 0.05) is 4.47 Å². The molecule has 0 radical (unpaired) electrons. The number of methoxy groups -OCH3 is 1. The van der Waals surface area contributed by atoms with Crippen LogP contribution in [0.3, 0.4) is 0 Å². The molecule has 4 nitrogen and oxygen atoms in total. The van der Waals surface area contributed by atoms with E-state index in [0.717, 1.165) is 26.0 Å². The second-order valence-corrected chi connectivity index (χ2v) is 6.65. The Bertz CT molecular complexity index is 832. The molecular formula is C16H13BrN2O2S. The summed E-state index contributed by atoms with van der Waals surface area (Å²) in [6, 6.07) is 13.3. The first kappa shape index (κ1) is 15.0. The molecule has 0 saturated heterocycles. The van der Waals surface area contributed by atoms with Gasteiger partial charge in [0.1, 0.15) is 5.75 Å². The van der Waals surface area contributed by atoms with Crippen molar-refractivity contribution in [2.75, 3.05) is 12.4 Å². The van der Waals surface area contributed by atoms with Crippen molar-refractivity contribution in [3.05, 3.63) is 52.5 Å². The molecule has 1 N–H and O–H groups in total. The van der Waals surface area contributed by atoms with Crippen LogP contribution in [0.25, 0.3) is 10.2 Å². The molecule has 112 valence electrons. The quantitative estimate of drug-likeness (QED) is 0.740. The normalized spacial score (nSPS) is 10.6. The summed E-state index contributed by atoms with van der Waals surface area (Å²) in [6.07, 6.45) is 0.289. The molecule has 0 saturated carbocycles. The van der Waals surface area contributed by atoms with E-state index in [9.17, 15) is 4.79 Å². The van der Waals surface area contributed by atoms with Gasteiger partial charge in [-0.1, -0.05) is 39.4 Å². The molecule has 1 heterocycles. The lowest BCUT2D eigenvalue weighted by Gasteiger charge is -2.04. The number of anilines is 1. The van der Waals surface area contributed by atoms with Crippen LogP contribution < -0.4 is 10.1 Å². The van der Waals surface area contributed by atoms with E-state index in [-0.39, 0.29) is 12.3 Å². The van der Waals surface area contributed by atoms with E-state index < -0.39 is 0 Å². The maximum Gasteiger partial charge on any atom is 0.230 e. The lowest BCUT2D eigenvalue weighted by molar-refractivity contribution is -0.115. The number of benzene rings is 2. The summed E-state index contributed by atoms with van der Waals surface area (Å²) in [6.45, 7) is 0. The van der Waals surface area contributed by atoms with E-state index in [1.165, 1.54) is 11.3 Å². The number of hydrogen-bond donors (Lipinski definition) is 1. The summed E-state index contributed by atoms with van der Waals surface area (Å²) in [7, 11) is 1.61. The van der Waals surface area contributed by atoms with Crippen LogP contribution in [0.1, 0.15) is 5.56 Å². The number of fused-ring (bicyclic) bond motifs is 1. The fourth-order valence-corrected chi connectivity index (χ4v) is 3.52. The smallest absolute Gasteiger partial charge is 0.230 e. The highest BCUT2D eigenvalue weighted by atomic mass is 79.9. The average Bonchev–Trinajstić information content (AvgIpc) is 2.88. The molecule has 0 atom stereocenters. The third-order valence-electron chi connectivity index (χ3n) is 3.10. The van der Waals surface area contributed by atoms with Gasteiger partial charge < -0.3 is 10.1 Å². The summed E-state index contributed by atoms with van der Waals surface area (Å²) in [5, 5.41) is 3.46. The Morgan fingerprint density at radius 2 is 2.18 bits per heavy atom. The van der Waals surface area contributed by atoms with Crippen molar-refractivity contribution in [1.82, 2.24) is 4.98 Å². The molecule has 0 fully saturated rings. The molecule has 1 amide bonds. The van der Waals surface area contributed by atoms with Crippen molar-refractivity contribution in [2.45, 2.75) is 6.42 Å². The Hall–Kier alpha value is -1.92. The number of carbonyl (C=O) groups excluding carboxylic acids is 1. The molecule has 3 aromatic rings. The highest BCUT2D eigenvalue weighted by Gasteiger charge is 2.09. The number of hydrogen-bond acceptors (Lipinski definition) is 4. The Morgan fingerprint density at radius 1 is 1.32 bits per heavy atom. The molecule has 0 aliphatic carbocycles. The Balaban J connectivity index is 1.72. The molecule has 2 aromatic carbocycles. The van der Waals surface area contributed by atoms with E-state index >= 15 is 0 Å². The van der Waals surface area contributed by atoms with E-state index in [0.29, 0.717) is 5.13 Å². The number of thiazole rings is 1. The van der Waals surface area contributed by atoms with Crippen molar-refractivity contribution in [3.8, 4) is 5.75 Å². The van der Waals surface area contributed by atoms with Crippen LogP contribution in [0.4, 0.5) is 5.13 Å². The molecule has 6 heteroatoms. The molecule has 1 aromatic heterocycles. The topological polar surface area (TPSA) is 51.2 Å². The Labute approximate surface area is 140 Å². The number of halogens is 1. The van der Waals surface area contributed by atoms with Crippen LogP contribution >= 0.6 is 27.3 Å². The monoisotopic (exact) mass is 376 g/mol. The van der Waals surface area contributed by atoms with Gasteiger partial charge in [0.15, 0.2) is 5.13 Å². The SMILES string of the molecule is COc1cccc(CC(=O)Nc2nc3ccc(Br)cc3s2)c1. The number of aromatic nitrogens is 1. The van der Waals surface area contributed by atoms with Gasteiger partial charge in [-0.15, -0.1) is 0 Å². The first-order chi connectivity index (χ1) is 10.6. The maximum absolute atomic E-state index is 12.1. The molecule has 3 rings (SSSR count). The molecule has 0 unspecified atom stereocenters. The number of nitrogens with one attached hydrogen (secondary N) is 1. The predicted octanol–water partition coefficient (Wildman–Crippen LogP) is 4.25. The highest BCUT2D eigenvalue weighted by molar-refractivity contribution is 9.10. The van der Waals surface area contributed by atoms with Crippen molar-refractivity contribution in [2.24, 2.45) is 0 Å². The zero-order valence-corrected chi connectivity index (χ0v) is 14.2. The van der Waals surface area contributed by atoms with Crippen LogP contribution in [0.15, 0.2) is 46.9 Å². The number of amides is 1. The van der Waals surface area contributed by atoms with Gasteiger partial charge in [-0.25, -0.2) is 4.98 Å². The third kappa shape index (κ3) is 3.45. The van der Waals surface area contributed by atoms with Gasteiger partial charge in [-0.3, -0.25) is 4.79 Å². The van der Waals surface area contributed by atoms with Gasteiger partial charge in [0.2, 0.25) is 5.91 Å². The Kier molecular flexibility index (Phi) is 4.40. The standard InChI is InChI=1S/C16H13BrN2O2S/c1-21-12-4-2-3-10(7-12)8-15(20)19-16-18-13-6-5-11(17)9-14(13)22-16/h2-7,9H,8H2,1H3,(H,18,19,20). The van der Waals surface area contributed by atoms with E-state index in [1.54, 1.807) is 7.11 Å². The number of rotatable bonds is 4. The number of nitrogens with zero attached hydrogens (tertiary/aromatic N) is 1. The average molecular weight is 377 g/mol. The van der Waals surface area contributed by atoms with Gasteiger partial charge in [0.05, 0.1) is 23.7 Å². The van der Waals surface area contributed by atoms with Crippen LogP contribution in [0.2, 0.25) is 0 Å². The first-order valence-corrected chi connectivity index (χ1v) is 8.24. The molecule has 0 aliphatic rings. The van der Waals surface area contributed by atoms with Crippen molar-refractivity contribution >= 4 is 48.5 Å². The van der Waals surface area contributed by atoms with Crippen molar-refractivity contribution in [3.63, 3.8) is 0 Å². The summed E-state index contributed by atoms with van der Waals surface area (Å²) in [5.74, 6) is 0.654. The highest BCUT2D eigenvalue weighted by Crippen LogP contribution is 2.28. The van der Waals surface area contributed by atoms with Crippen LogP contribution in [-0.2, 0) is 11.2 Å². The fourth-order valence-electron chi connectivity index (χ4n) is 2.08. The van der Waals surface area contributed by atoms with Crippen LogP contribution in [0.5, 0.6) is 5.75 Å². The zero-order chi connectivity index (χ0) is 15.5. The minimum absolute atomic E-state index is 0.0913. The maximum atomic E-state index is 12.1. The van der Waals surface area contributed by atoms with E-state index in [2.05, 4.69) is 26.2 Å². The van der Waals surface area contributed by atoms with Gasteiger partial charge in [-0.2, -0.15) is 0 Å². The lowest BCUT2D eigenvalue weighted by Crippen LogP contribution is -2.14. The van der Waals surface area contributed by atoms with Gasteiger partial charge in [-0.05, 0) is 35.9 Å². The van der Waals surface area contributed by atoms with Crippen molar-refractivity contribution < 1.29 is 9.53 Å². The third-order valence-corrected chi connectivity index (χ3v) is 4.52. The molecule has 0 aliphatic heterocycles. The molecule has 0 bridgehead atoms. The molecular weight excluding hydrogens is 364 g/mol. The predicted molar refractivity (Wildman–Crippen MR) is 92.6 cm³/mol. The zero-order valence-electron chi connectivity index (χ0n) is 11.8. The van der Waals surface area contributed by atoms with E-state index in [4.69, 9.17) is 4.74 Å². The van der Waals surface area contributed by atoms with Crippen LogP contribution in [-0.4, -0.2) is 18.0 Å². The fraction of sp³-hybridized carbons (Fsp3) is 0.125. The Morgan fingerprint density at radius 3 is 3.00 bits per heavy atom. The summed E-state index contributed by atoms with van der Waals surface area (Å²) < 4.78 is 7.19. The van der Waals surface area contributed by atoms with E-state index in [1.807, 2.05) is 42.5 Å². The summed E-state index contributed by atoms with van der Waals surface area (Å²) in [5.41, 5.74) is 1.78. The minimum atomic E-state index is -0.0913. The van der Waals surface area contributed by atoms with Crippen LogP contribution in [0, 0.1) is 0 Å².